The van der Waals surface area contributed by atoms with Gasteiger partial charge in [0, 0.05) is 20.0 Å². The number of nitrogens with zero attached hydrogens (tertiary/aromatic N) is 1. The van der Waals surface area contributed by atoms with E-state index in [9.17, 15) is 9.59 Å². The maximum Gasteiger partial charge on any atom is 0.225 e. The Balaban J connectivity index is 1.71. The number of hydrogen-bond acceptors (Lipinski definition) is 3. The zero-order chi connectivity index (χ0) is 17.9. The van der Waals surface area contributed by atoms with E-state index >= 15 is 0 Å². The van der Waals surface area contributed by atoms with Crippen LogP contribution in [-0.4, -0.2) is 43.4 Å². The van der Waals surface area contributed by atoms with E-state index in [0.717, 1.165) is 31.5 Å². The lowest BCUT2D eigenvalue weighted by Crippen LogP contribution is -2.49. The Hall–Kier alpha value is -1.88. The van der Waals surface area contributed by atoms with Crippen LogP contribution in [0.5, 0.6) is 0 Å². The summed E-state index contributed by atoms with van der Waals surface area (Å²) in [5, 5.41) is 6.57. The zero-order valence-corrected chi connectivity index (χ0v) is 15.3. The van der Waals surface area contributed by atoms with Crippen LogP contribution in [0.3, 0.4) is 0 Å². The van der Waals surface area contributed by atoms with Gasteiger partial charge < -0.3 is 15.5 Å². The fourth-order valence-electron chi connectivity index (χ4n) is 4.06. The highest BCUT2D eigenvalue weighted by Crippen LogP contribution is 2.36. The van der Waals surface area contributed by atoms with Gasteiger partial charge in [0.1, 0.15) is 0 Å². The molecule has 2 fully saturated rings. The van der Waals surface area contributed by atoms with E-state index in [1.54, 1.807) is 4.90 Å². The van der Waals surface area contributed by atoms with E-state index < -0.39 is 0 Å². The number of benzene rings is 1. The molecular weight excluding hydrogens is 314 g/mol. The highest BCUT2D eigenvalue weighted by Gasteiger charge is 2.39. The molecule has 5 heteroatoms. The lowest BCUT2D eigenvalue weighted by molar-refractivity contribution is -0.141. The Kier molecular flexibility index (Phi) is 5.42. The van der Waals surface area contributed by atoms with Crippen LogP contribution in [0.1, 0.15) is 44.2 Å². The maximum atomic E-state index is 13.0. The van der Waals surface area contributed by atoms with Crippen LogP contribution < -0.4 is 10.6 Å². The largest absolute Gasteiger partial charge is 0.355 e. The monoisotopic (exact) mass is 343 g/mol. The molecule has 1 aromatic carbocycles. The minimum absolute atomic E-state index is 0.0768. The van der Waals surface area contributed by atoms with Crippen LogP contribution in [0.25, 0.3) is 0 Å². The summed E-state index contributed by atoms with van der Waals surface area (Å²) in [6.45, 7) is 4.99. The van der Waals surface area contributed by atoms with Gasteiger partial charge in [-0.25, -0.2) is 0 Å². The Morgan fingerprint density at radius 2 is 1.96 bits per heavy atom. The molecule has 0 spiro atoms. The normalized spacial score (nSPS) is 26.3. The predicted molar refractivity (Wildman–Crippen MR) is 97.9 cm³/mol. The maximum absolute atomic E-state index is 13.0. The smallest absolute Gasteiger partial charge is 0.225 e. The first kappa shape index (κ1) is 17.9. The first-order chi connectivity index (χ1) is 12.0. The van der Waals surface area contributed by atoms with Crippen molar-refractivity contribution in [1.82, 2.24) is 15.5 Å². The Bertz CT molecular complexity index is 611. The number of carbonyl (C=O) groups excluding carboxylic acids is 2. The quantitative estimate of drug-likeness (QED) is 0.880. The van der Waals surface area contributed by atoms with Crippen molar-refractivity contribution in [2.75, 3.05) is 26.7 Å². The van der Waals surface area contributed by atoms with Gasteiger partial charge in [0.25, 0.3) is 0 Å². The first-order valence-corrected chi connectivity index (χ1v) is 9.29. The second-order valence-corrected chi connectivity index (χ2v) is 7.78. The molecule has 0 aliphatic carbocycles. The molecule has 5 nitrogen and oxygen atoms in total. The highest BCUT2D eigenvalue weighted by atomic mass is 16.2. The lowest BCUT2D eigenvalue weighted by atomic mass is 9.80. The molecule has 25 heavy (non-hydrogen) atoms. The average Bonchev–Trinajstić information content (AvgIpc) is 2.63. The third kappa shape index (κ3) is 4.03. The fraction of sp³-hybridized carbons (Fsp3) is 0.600. The number of amides is 2. The molecule has 0 bridgehead atoms. The third-order valence-electron chi connectivity index (χ3n) is 5.84. The van der Waals surface area contributed by atoms with E-state index in [1.165, 1.54) is 0 Å². The zero-order valence-electron chi connectivity index (χ0n) is 15.3. The summed E-state index contributed by atoms with van der Waals surface area (Å²) < 4.78 is 0. The Morgan fingerprint density at radius 3 is 2.64 bits per heavy atom. The van der Waals surface area contributed by atoms with Crippen molar-refractivity contribution in [2.45, 2.75) is 38.6 Å². The second kappa shape index (κ2) is 7.56. The van der Waals surface area contributed by atoms with Crippen LogP contribution in [0.15, 0.2) is 30.3 Å². The standard InChI is InChI=1S/C20H29N3O2/c1-20(10-12-21-13-11-20)14-22-19(25)16-8-9-17(24)23(2)18(16)15-6-4-3-5-7-15/h3-7,16,18,21H,8-14H2,1-2H3,(H,22,25). The number of piperidine rings is 2. The summed E-state index contributed by atoms with van der Waals surface area (Å²) in [6.07, 6.45) is 3.23. The van der Waals surface area contributed by atoms with Gasteiger partial charge in [0.2, 0.25) is 11.8 Å². The Labute approximate surface area is 150 Å². The molecule has 2 aliphatic rings. The van der Waals surface area contributed by atoms with Gasteiger partial charge in [0.15, 0.2) is 0 Å². The summed E-state index contributed by atoms with van der Waals surface area (Å²) in [6, 6.07) is 9.73. The summed E-state index contributed by atoms with van der Waals surface area (Å²) in [5.74, 6) is 0.00611. The average molecular weight is 343 g/mol. The van der Waals surface area contributed by atoms with E-state index in [-0.39, 0.29) is 29.2 Å². The second-order valence-electron chi connectivity index (χ2n) is 7.78. The summed E-state index contributed by atoms with van der Waals surface area (Å²) in [4.78, 5) is 26.9. The van der Waals surface area contributed by atoms with Crippen LogP contribution in [0, 0.1) is 11.3 Å². The van der Waals surface area contributed by atoms with Crippen molar-refractivity contribution in [1.29, 1.82) is 0 Å². The van der Waals surface area contributed by atoms with E-state index in [0.29, 0.717) is 19.4 Å². The van der Waals surface area contributed by atoms with Gasteiger partial charge in [-0.1, -0.05) is 37.3 Å². The SMILES string of the molecule is CN1C(=O)CCC(C(=O)NCC2(C)CCNCC2)C1c1ccccc1. The molecule has 2 amide bonds. The van der Waals surface area contributed by atoms with Crippen LogP contribution in [0.2, 0.25) is 0 Å². The van der Waals surface area contributed by atoms with Gasteiger partial charge >= 0.3 is 0 Å². The number of likely N-dealkylation sites (tertiary alicyclic amines) is 1. The highest BCUT2D eigenvalue weighted by molar-refractivity contribution is 5.84. The number of rotatable bonds is 4. The lowest BCUT2D eigenvalue weighted by Gasteiger charge is -2.39. The van der Waals surface area contributed by atoms with Crippen LogP contribution in [-0.2, 0) is 9.59 Å². The molecule has 0 aromatic heterocycles. The van der Waals surface area contributed by atoms with E-state index in [1.807, 2.05) is 37.4 Å². The topological polar surface area (TPSA) is 61.4 Å². The molecule has 2 unspecified atom stereocenters. The molecule has 2 atom stereocenters. The Morgan fingerprint density at radius 1 is 1.28 bits per heavy atom. The molecule has 0 radical (unpaired) electrons. The van der Waals surface area contributed by atoms with Gasteiger partial charge in [-0.15, -0.1) is 0 Å². The molecule has 2 heterocycles. The number of hydrogen-bond donors (Lipinski definition) is 2. The van der Waals surface area contributed by atoms with Gasteiger partial charge in [-0.2, -0.15) is 0 Å². The molecule has 136 valence electrons. The molecule has 3 rings (SSSR count). The minimum Gasteiger partial charge on any atom is -0.355 e. The van der Waals surface area contributed by atoms with E-state index in [4.69, 9.17) is 0 Å². The van der Waals surface area contributed by atoms with Crippen molar-refractivity contribution in [2.24, 2.45) is 11.3 Å². The molecular formula is C20H29N3O2. The van der Waals surface area contributed by atoms with Crippen molar-refractivity contribution in [3.05, 3.63) is 35.9 Å². The minimum atomic E-state index is -0.185. The molecule has 2 aliphatic heterocycles. The molecule has 2 N–H and O–H groups in total. The van der Waals surface area contributed by atoms with Gasteiger partial charge in [-0.3, -0.25) is 9.59 Å². The third-order valence-corrected chi connectivity index (χ3v) is 5.84. The number of carbonyl (C=O) groups is 2. The molecule has 0 saturated carbocycles. The summed E-state index contributed by atoms with van der Waals surface area (Å²) in [7, 11) is 1.81. The van der Waals surface area contributed by atoms with Gasteiger partial charge in [-0.05, 0) is 43.3 Å². The van der Waals surface area contributed by atoms with Crippen molar-refractivity contribution in [3.63, 3.8) is 0 Å². The summed E-state index contributed by atoms with van der Waals surface area (Å²) >= 11 is 0. The predicted octanol–water partition coefficient (Wildman–Crippen LogP) is 2.10. The summed E-state index contributed by atoms with van der Waals surface area (Å²) in [5.41, 5.74) is 1.20. The van der Waals surface area contributed by atoms with Crippen molar-refractivity contribution < 1.29 is 9.59 Å². The van der Waals surface area contributed by atoms with Crippen molar-refractivity contribution >= 4 is 11.8 Å². The van der Waals surface area contributed by atoms with Gasteiger partial charge in [0.05, 0.1) is 12.0 Å². The fourth-order valence-corrected chi connectivity index (χ4v) is 4.06. The van der Waals surface area contributed by atoms with E-state index in [2.05, 4.69) is 17.6 Å². The first-order valence-electron chi connectivity index (χ1n) is 9.29. The number of nitrogens with one attached hydrogen (secondary N) is 2. The van der Waals surface area contributed by atoms with Crippen LogP contribution >= 0.6 is 0 Å². The molecule has 2 saturated heterocycles. The van der Waals surface area contributed by atoms with Crippen molar-refractivity contribution in [3.8, 4) is 0 Å². The van der Waals surface area contributed by atoms with Crippen LogP contribution in [0.4, 0.5) is 0 Å². The molecule has 1 aromatic rings.